The lowest BCUT2D eigenvalue weighted by Crippen LogP contribution is -2.41. The van der Waals surface area contributed by atoms with E-state index in [2.05, 4.69) is 5.16 Å². The number of fused-ring (bicyclic) bond motifs is 1. The summed E-state index contributed by atoms with van der Waals surface area (Å²) in [6.45, 7) is 3.66. The van der Waals surface area contributed by atoms with Crippen LogP contribution >= 0.6 is 0 Å². The summed E-state index contributed by atoms with van der Waals surface area (Å²) in [5.41, 5.74) is 2.48. The first kappa shape index (κ1) is 15.7. The molecule has 0 spiro atoms. The Morgan fingerprint density at radius 1 is 1.39 bits per heavy atom. The number of amides is 1. The zero-order chi connectivity index (χ0) is 16.6. The molecule has 6 nitrogen and oxygen atoms in total. The fourth-order valence-electron chi connectivity index (χ4n) is 2.75. The molecule has 0 N–H and O–H groups in total. The number of rotatable bonds is 4. The molecular formula is C16H18N2O4S. The number of benzene rings is 1. The van der Waals surface area contributed by atoms with Crippen molar-refractivity contribution in [2.45, 2.75) is 31.3 Å². The number of para-hydroxylation sites is 1. The Hall–Kier alpha value is -2.15. The Morgan fingerprint density at radius 2 is 2.13 bits per heavy atom. The maximum atomic E-state index is 12.7. The molecule has 1 unspecified atom stereocenters. The molecule has 1 atom stereocenters. The highest BCUT2D eigenvalue weighted by atomic mass is 32.2. The second-order valence-corrected chi connectivity index (χ2v) is 8.07. The van der Waals surface area contributed by atoms with E-state index in [-0.39, 0.29) is 11.5 Å². The minimum Gasteiger partial charge on any atom is -0.360 e. The topological polar surface area (TPSA) is 80.5 Å². The normalized spacial score (nSPS) is 15.5. The molecule has 3 rings (SSSR count). The first-order chi connectivity index (χ1) is 10.9. The van der Waals surface area contributed by atoms with E-state index in [1.165, 1.54) is 6.92 Å². The van der Waals surface area contributed by atoms with Crippen LogP contribution in [0.2, 0.25) is 0 Å². The van der Waals surface area contributed by atoms with E-state index in [0.29, 0.717) is 12.2 Å². The van der Waals surface area contributed by atoms with Crippen molar-refractivity contribution >= 4 is 21.4 Å². The number of carbonyl (C=O) groups excluding carboxylic acids is 1. The average molecular weight is 334 g/mol. The summed E-state index contributed by atoms with van der Waals surface area (Å²) in [5, 5.41) is 2.55. The fourth-order valence-corrected chi connectivity index (χ4v) is 3.96. The Morgan fingerprint density at radius 3 is 2.83 bits per heavy atom. The van der Waals surface area contributed by atoms with Gasteiger partial charge in [0.05, 0.1) is 5.69 Å². The number of anilines is 1. The predicted octanol–water partition coefficient (Wildman–Crippen LogP) is 1.88. The molecule has 1 amide bonds. The Kier molecular flexibility index (Phi) is 3.97. The van der Waals surface area contributed by atoms with Gasteiger partial charge in [0.15, 0.2) is 15.6 Å². The van der Waals surface area contributed by atoms with Crippen molar-refractivity contribution in [3.8, 4) is 0 Å². The summed E-state index contributed by atoms with van der Waals surface area (Å²) in [6.07, 6.45) is 0.746. The molecule has 0 fully saturated rings. The van der Waals surface area contributed by atoms with Gasteiger partial charge in [-0.05, 0) is 31.9 Å². The quantitative estimate of drug-likeness (QED) is 0.853. The Bertz CT molecular complexity index is 841. The molecule has 0 saturated carbocycles. The van der Waals surface area contributed by atoms with Crippen LogP contribution in [0.1, 0.15) is 23.9 Å². The smallest absolute Gasteiger partial charge is 0.245 e. The largest absolute Gasteiger partial charge is 0.360 e. The van der Waals surface area contributed by atoms with E-state index in [1.807, 2.05) is 24.3 Å². The standard InChI is InChI=1S/C16H18N2O4S/c1-11-9-14(22-17-11)10-23(20,21)12(2)16(19)18-8-7-13-5-3-4-6-15(13)18/h3-6,9,12H,7-8,10H2,1-2H3. The molecule has 2 aromatic rings. The highest BCUT2D eigenvalue weighted by Gasteiger charge is 2.35. The van der Waals surface area contributed by atoms with E-state index < -0.39 is 21.0 Å². The number of nitrogens with zero attached hydrogens (tertiary/aromatic N) is 2. The van der Waals surface area contributed by atoms with Gasteiger partial charge in [0, 0.05) is 18.3 Å². The summed E-state index contributed by atoms with van der Waals surface area (Å²) in [7, 11) is -3.66. The zero-order valence-electron chi connectivity index (χ0n) is 13.0. The molecule has 1 aromatic carbocycles. The number of aryl methyl sites for hydroxylation is 1. The lowest BCUT2D eigenvalue weighted by atomic mass is 10.2. The van der Waals surface area contributed by atoms with Crippen LogP contribution < -0.4 is 4.90 Å². The average Bonchev–Trinajstić information content (AvgIpc) is 3.11. The third kappa shape index (κ3) is 3.01. The molecule has 1 aromatic heterocycles. The summed E-state index contributed by atoms with van der Waals surface area (Å²) in [6, 6.07) is 9.14. The third-order valence-corrected chi connectivity index (χ3v) is 6.03. The maximum absolute atomic E-state index is 12.7. The van der Waals surface area contributed by atoms with Crippen molar-refractivity contribution in [2.75, 3.05) is 11.4 Å². The van der Waals surface area contributed by atoms with Gasteiger partial charge in [-0.1, -0.05) is 23.4 Å². The monoisotopic (exact) mass is 334 g/mol. The number of carbonyl (C=O) groups is 1. The van der Waals surface area contributed by atoms with Crippen molar-refractivity contribution < 1.29 is 17.7 Å². The lowest BCUT2D eigenvalue weighted by molar-refractivity contribution is -0.117. The van der Waals surface area contributed by atoms with Gasteiger partial charge in [-0.25, -0.2) is 8.42 Å². The summed E-state index contributed by atoms with van der Waals surface area (Å²) >= 11 is 0. The summed E-state index contributed by atoms with van der Waals surface area (Å²) < 4.78 is 29.9. The van der Waals surface area contributed by atoms with Gasteiger partial charge in [0.1, 0.15) is 11.0 Å². The van der Waals surface area contributed by atoms with Crippen LogP contribution in [0.5, 0.6) is 0 Å². The van der Waals surface area contributed by atoms with Gasteiger partial charge < -0.3 is 9.42 Å². The van der Waals surface area contributed by atoms with Crippen LogP contribution in [-0.2, 0) is 26.8 Å². The second kappa shape index (κ2) is 5.81. The fraction of sp³-hybridized carbons (Fsp3) is 0.375. The van der Waals surface area contributed by atoms with Crippen LogP contribution in [0.3, 0.4) is 0 Å². The van der Waals surface area contributed by atoms with Crippen molar-refractivity contribution in [3.63, 3.8) is 0 Å². The second-order valence-electron chi connectivity index (χ2n) is 5.75. The highest BCUT2D eigenvalue weighted by molar-refractivity contribution is 7.92. The van der Waals surface area contributed by atoms with E-state index in [1.54, 1.807) is 17.9 Å². The molecule has 0 aliphatic carbocycles. The lowest BCUT2D eigenvalue weighted by Gasteiger charge is -2.21. The Balaban J connectivity index is 1.80. The summed E-state index contributed by atoms with van der Waals surface area (Å²) in [5.74, 6) is -0.467. The molecule has 23 heavy (non-hydrogen) atoms. The molecule has 7 heteroatoms. The predicted molar refractivity (Wildman–Crippen MR) is 85.8 cm³/mol. The van der Waals surface area contributed by atoms with Gasteiger partial charge in [-0.2, -0.15) is 0 Å². The zero-order valence-corrected chi connectivity index (χ0v) is 13.8. The van der Waals surface area contributed by atoms with Gasteiger partial charge >= 0.3 is 0 Å². The SMILES string of the molecule is Cc1cc(CS(=O)(=O)C(C)C(=O)N2CCc3ccccc32)on1. The van der Waals surface area contributed by atoms with Gasteiger partial charge in [0.25, 0.3) is 0 Å². The van der Waals surface area contributed by atoms with Gasteiger partial charge in [0.2, 0.25) is 5.91 Å². The van der Waals surface area contributed by atoms with E-state index >= 15 is 0 Å². The number of aromatic nitrogens is 1. The number of hydrogen-bond acceptors (Lipinski definition) is 5. The van der Waals surface area contributed by atoms with Crippen molar-refractivity contribution in [1.29, 1.82) is 0 Å². The van der Waals surface area contributed by atoms with E-state index in [9.17, 15) is 13.2 Å². The van der Waals surface area contributed by atoms with E-state index in [4.69, 9.17) is 4.52 Å². The molecule has 2 heterocycles. The summed E-state index contributed by atoms with van der Waals surface area (Å²) in [4.78, 5) is 14.2. The molecule has 122 valence electrons. The van der Waals surface area contributed by atoms with Crippen LogP contribution in [0.15, 0.2) is 34.9 Å². The van der Waals surface area contributed by atoms with Crippen LogP contribution in [0.25, 0.3) is 0 Å². The minimum absolute atomic E-state index is 0.254. The molecule has 1 aliphatic heterocycles. The third-order valence-electron chi connectivity index (χ3n) is 4.06. The highest BCUT2D eigenvalue weighted by Crippen LogP contribution is 2.29. The van der Waals surface area contributed by atoms with Crippen molar-refractivity contribution in [2.24, 2.45) is 0 Å². The Labute approximate surface area is 135 Å². The first-order valence-corrected chi connectivity index (χ1v) is 9.13. The van der Waals surface area contributed by atoms with Crippen LogP contribution in [0.4, 0.5) is 5.69 Å². The van der Waals surface area contributed by atoms with E-state index in [0.717, 1.165) is 17.7 Å². The first-order valence-electron chi connectivity index (χ1n) is 7.41. The molecular weight excluding hydrogens is 316 g/mol. The van der Waals surface area contributed by atoms with Crippen LogP contribution in [-0.4, -0.2) is 31.3 Å². The van der Waals surface area contributed by atoms with Gasteiger partial charge in [-0.3, -0.25) is 4.79 Å². The number of hydrogen-bond donors (Lipinski definition) is 0. The van der Waals surface area contributed by atoms with Crippen molar-refractivity contribution in [1.82, 2.24) is 5.16 Å². The maximum Gasteiger partial charge on any atom is 0.245 e. The molecule has 0 bridgehead atoms. The molecule has 1 aliphatic rings. The van der Waals surface area contributed by atoms with Gasteiger partial charge in [-0.15, -0.1) is 0 Å². The molecule has 0 saturated heterocycles. The van der Waals surface area contributed by atoms with Crippen LogP contribution in [0, 0.1) is 6.92 Å². The number of sulfone groups is 1. The van der Waals surface area contributed by atoms with Crippen molar-refractivity contribution in [3.05, 3.63) is 47.3 Å². The minimum atomic E-state index is -3.66. The molecule has 0 radical (unpaired) electrons.